The number of amides is 2. The molecule has 0 radical (unpaired) electrons. The molecule has 0 bridgehead atoms. The maximum absolute atomic E-state index is 13.1. The molecule has 0 saturated carbocycles. The predicted octanol–water partition coefficient (Wildman–Crippen LogP) is 3.12. The zero-order chi connectivity index (χ0) is 20.6. The molecule has 1 fully saturated rings. The van der Waals surface area contributed by atoms with E-state index < -0.39 is 6.04 Å². The fourth-order valence-corrected chi connectivity index (χ4v) is 3.62. The van der Waals surface area contributed by atoms with Gasteiger partial charge in [-0.05, 0) is 42.5 Å². The molecule has 0 aromatic heterocycles. The summed E-state index contributed by atoms with van der Waals surface area (Å²) in [6, 6.07) is 14.1. The van der Waals surface area contributed by atoms with Crippen LogP contribution >= 0.6 is 0 Å². The SMILES string of the molecule is COc1ccc(CC(=O)N[C@H](C(=O)N2CCCCC2)c2ccccc2)cc1OC. The third kappa shape index (κ3) is 5.28. The van der Waals surface area contributed by atoms with Gasteiger partial charge in [-0.3, -0.25) is 9.59 Å². The van der Waals surface area contributed by atoms with Crippen LogP contribution in [0.15, 0.2) is 48.5 Å². The number of likely N-dealkylation sites (tertiary alicyclic amines) is 1. The van der Waals surface area contributed by atoms with Crippen molar-refractivity contribution < 1.29 is 19.1 Å². The normalized spacial score (nSPS) is 14.8. The van der Waals surface area contributed by atoms with E-state index in [2.05, 4.69) is 5.32 Å². The molecule has 6 heteroatoms. The topological polar surface area (TPSA) is 67.9 Å². The van der Waals surface area contributed by atoms with E-state index in [0.29, 0.717) is 11.5 Å². The number of nitrogens with zero attached hydrogens (tertiary/aromatic N) is 1. The molecular formula is C23H28N2O4. The number of benzene rings is 2. The largest absolute Gasteiger partial charge is 0.493 e. The molecule has 1 aliphatic heterocycles. The number of hydrogen-bond donors (Lipinski definition) is 1. The first kappa shape index (κ1) is 20.7. The van der Waals surface area contributed by atoms with E-state index in [-0.39, 0.29) is 18.2 Å². The molecule has 2 aromatic rings. The number of nitrogens with one attached hydrogen (secondary N) is 1. The average molecular weight is 396 g/mol. The Morgan fingerprint density at radius 3 is 2.31 bits per heavy atom. The molecule has 3 rings (SSSR count). The molecule has 2 aromatic carbocycles. The van der Waals surface area contributed by atoms with Crippen molar-refractivity contribution in [1.82, 2.24) is 10.2 Å². The molecule has 1 N–H and O–H groups in total. The second-order valence-corrected chi connectivity index (χ2v) is 7.16. The number of hydrogen-bond acceptors (Lipinski definition) is 4. The number of carbonyl (C=O) groups is 2. The number of ether oxygens (including phenoxy) is 2. The fourth-order valence-electron chi connectivity index (χ4n) is 3.62. The van der Waals surface area contributed by atoms with Crippen LogP contribution in [0.25, 0.3) is 0 Å². The Labute approximate surface area is 171 Å². The van der Waals surface area contributed by atoms with E-state index in [9.17, 15) is 9.59 Å². The van der Waals surface area contributed by atoms with Crippen molar-refractivity contribution in [1.29, 1.82) is 0 Å². The van der Waals surface area contributed by atoms with Crippen molar-refractivity contribution in [3.63, 3.8) is 0 Å². The van der Waals surface area contributed by atoms with Gasteiger partial charge < -0.3 is 19.7 Å². The van der Waals surface area contributed by atoms with Gasteiger partial charge in [0, 0.05) is 13.1 Å². The quantitative estimate of drug-likeness (QED) is 0.781. The zero-order valence-electron chi connectivity index (χ0n) is 17.0. The summed E-state index contributed by atoms with van der Waals surface area (Å²) in [7, 11) is 3.13. The van der Waals surface area contributed by atoms with E-state index in [1.807, 2.05) is 41.3 Å². The van der Waals surface area contributed by atoms with Crippen LogP contribution in [-0.2, 0) is 16.0 Å². The molecule has 2 amide bonds. The van der Waals surface area contributed by atoms with Crippen molar-refractivity contribution in [3.8, 4) is 11.5 Å². The van der Waals surface area contributed by atoms with Crippen molar-refractivity contribution in [2.24, 2.45) is 0 Å². The molecule has 154 valence electrons. The summed E-state index contributed by atoms with van der Waals surface area (Å²) < 4.78 is 10.6. The Morgan fingerprint density at radius 2 is 1.66 bits per heavy atom. The molecule has 1 aliphatic rings. The van der Waals surface area contributed by atoms with E-state index in [0.717, 1.165) is 43.5 Å². The van der Waals surface area contributed by atoms with Gasteiger partial charge in [-0.25, -0.2) is 0 Å². The molecule has 1 heterocycles. The van der Waals surface area contributed by atoms with Gasteiger partial charge in [-0.15, -0.1) is 0 Å². The minimum Gasteiger partial charge on any atom is -0.493 e. The van der Waals surface area contributed by atoms with Gasteiger partial charge in [-0.2, -0.15) is 0 Å². The average Bonchev–Trinajstić information content (AvgIpc) is 2.78. The van der Waals surface area contributed by atoms with Gasteiger partial charge >= 0.3 is 0 Å². The lowest BCUT2D eigenvalue weighted by Gasteiger charge is -2.31. The van der Waals surface area contributed by atoms with Gasteiger partial charge in [-0.1, -0.05) is 36.4 Å². The van der Waals surface area contributed by atoms with Crippen molar-refractivity contribution in [2.45, 2.75) is 31.7 Å². The Morgan fingerprint density at radius 1 is 0.966 bits per heavy atom. The van der Waals surface area contributed by atoms with Crippen molar-refractivity contribution >= 4 is 11.8 Å². The van der Waals surface area contributed by atoms with Gasteiger partial charge in [0.25, 0.3) is 0 Å². The highest BCUT2D eigenvalue weighted by molar-refractivity contribution is 5.89. The van der Waals surface area contributed by atoms with Crippen LogP contribution in [0.4, 0.5) is 0 Å². The summed E-state index contributed by atoms with van der Waals surface area (Å²) in [5, 5.41) is 2.94. The van der Waals surface area contributed by atoms with Crippen LogP contribution in [0.5, 0.6) is 11.5 Å². The predicted molar refractivity (Wildman–Crippen MR) is 111 cm³/mol. The number of rotatable bonds is 7. The summed E-state index contributed by atoms with van der Waals surface area (Å²) in [5.74, 6) is 0.925. The Hall–Kier alpha value is -3.02. The van der Waals surface area contributed by atoms with Crippen LogP contribution in [-0.4, -0.2) is 44.0 Å². The molecule has 6 nitrogen and oxygen atoms in total. The highest BCUT2D eigenvalue weighted by Crippen LogP contribution is 2.28. The number of carbonyl (C=O) groups excluding carboxylic acids is 2. The summed E-state index contributed by atoms with van der Waals surface area (Å²) in [6.07, 6.45) is 3.31. The molecular weight excluding hydrogens is 368 g/mol. The standard InChI is InChI=1S/C23H28N2O4/c1-28-19-12-11-17(15-20(19)29-2)16-21(26)24-22(18-9-5-3-6-10-18)23(27)25-13-7-4-8-14-25/h3,5-6,9-12,15,22H,4,7-8,13-14,16H2,1-2H3,(H,24,26)/t22-/m0/s1. The lowest BCUT2D eigenvalue weighted by Crippen LogP contribution is -2.45. The van der Waals surface area contributed by atoms with Crippen LogP contribution in [0, 0.1) is 0 Å². The first-order valence-electron chi connectivity index (χ1n) is 9.96. The highest BCUT2D eigenvalue weighted by atomic mass is 16.5. The highest BCUT2D eigenvalue weighted by Gasteiger charge is 2.28. The Bertz CT molecular complexity index is 832. The van der Waals surface area contributed by atoms with E-state index in [1.165, 1.54) is 0 Å². The molecule has 0 aliphatic carbocycles. The summed E-state index contributed by atoms with van der Waals surface area (Å²) in [4.78, 5) is 27.8. The van der Waals surface area contributed by atoms with Crippen molar-refractivity contribution in [2.75, 3.05) is 27.3 Å². The molecule has 0 unspecified atom stereocenters. The van der Waals surface area contributed by atoms with Gasteiger partial charge in [0.1, 0.15) is 6.04 Å². The Balaban J connectivity index is 1.75. The molecule has 29 heavy (non-hydrogen) atoms. The maximum atomic E-state index is 13.1. The summed E-state index contributed by atoms with van der Waals surface area (Å²) in [5.41, 5.74) is 1.58. The fraction of sp³-hybridized carbons (Fsp3) is 0.391. The second kappa shape index (κ2) is 9.96. The van der Waals surface area contributed by atoms with Gasteiger partial charge in [0.15, 0.2) is 11.5 Å². The van der Waals surface area contributed by atoms with E-state index in [4.69, 9.17) is 9.47 Å². The monoisotopic (exact) mass is 396 g/mol. The number of methoxy groups -OCH3 is 2. The van der Waals surface area contributed by atoms with E-state index >= 15 is 0 Å². The third-order valence-corrected chi connectivity index (χ3v) is 5.17. The maximum Gasteiger partial charge on any atom is 0.249 e. The first-order valence-corrected chi connectivity index (χ1v) is 9.96. The van der Waals surface area contributed by atoms with E-state index in [1.54, 1.807) is 26.4 Å². The smallest absolute Gasteiger partial charge is 0.249 e. The lowest BCUT2D eigenvalue weighted by atomic mass is 10.0. The van der Waals surface area contributed by atoms with Crippen LogP contribution in [0.1, 0.15) is 36.4 Å². The number of piperidine rings is 1. The first-order chi connectivity index (χ1) is 14.1. The second-order valence-electron chi connectivity index (χ2n) is 7.16. The zero-order valence-corrected chi connectivity index (χ0v) is 17.0. The summed E-state index contributed by atoms with van der Waals surface area (Å²) in [6.45, 7) is 1.49. The van der Waals surface area contributed by atoms with Crippen LogP contribution < -0.4 is 14.8 Å². The van der Waals surface area contributed by atoms with Gasteiger partial charge in [0.2, 0.25) is 11.8 Å². The summed E-state index contributed by atoms with van der Waals surface area (Å²) >= 11 is 0. The third-order valence-electron chi connectivity index (χ3n) is 5.17. The minimum absolute atomic E-state index is 0.0449. The molecule has 1 atom stereocenters. The molecule has 1 saturated heterocycles. The minimum atomic E-state index is -0.679. The van der Waals surface area contributed by atoms with Gasteiger partial charge in [0.05, 0.1) is 20.6 Å². The van der Waals surface area contributed by atoms with Crippen LogP contribution in [0.2, 0.25) is 0 Å². The Kier molecular flexibility index (Phi) is 7.11. The van der Waals surface area contributed by atoms with Crippen molar-refractivity contribution in [3.05, 3.63) is 59.7 Å². The lowest BCUT2D eigenvalue weighted by molar-refractivity contribution is -0.137. The van der Waals surface area contributed by atoms with Crippen LogP contribution in [0.3, 0.4) is 0 Å². The molecule has 0 spiro atoms.